The Labute approximate surface area is 109 Å². The number of nitrogens with zero attached hydrogens (tertiary/aromatic N) is 2. The lowest BCUT2D eigenvalue weighted by Gasteiger charge is -2.08. The highest BCUT2D eigenvalue weighted by Gasteiger charge is 2.13. The number of hydrogen-bond acceptors (Lipinski definition) is 2. The Balaban J connectivity index is 2.74. The molecule has 0 aromatic carbocycles. The van der Waals surface area contributed by atoms with Crippen LogP contribution in [0.4, 0.5) is 0 Å². The average Bonchev–Trinajstić information content (AvgIpc) is 2.52. The first kappa shape index (κ1) is 13.4. The maximum Gasteiger partial charge on any atom is 0.0739 e. The van der Waals surface area contributed by atoms with Gasteiger partial charge in [0.05, 0.1) is 15.9 Å². The molecule has 86 valence electrons. The number of aromatic nitrogens is 2. The minimum absolute atomic E-state index is 0.485. The van der Waals surface area contributed by atoms with Gasteiger partial charge >= 0.3 is 0 Å². The first-order valence-corrected chi connectivity index (χ1v) is 7.37. The topological polar surface area (TPSA) is 17.8 Å². The van der Waals surface area contributed by atoms with Crippen molar-refractivity contribution < 1.29 is 0 Å². The molecule has 0 radical (unpaired) electrons. The highest BCUT2D eigenvalue weighted by molar-refractivity contribution is 9.10. The monoisotopic (exact) mass is 310 g/mol. The second kappa shape index (κ2) is 6.16. The predicted octanol–water partition coefficient (Wildman–Crippen LogP) is 3.83. The van der Waals surface area contributed by atoms with Crippen LogP contribution in [0.25, 0.3) is 0 Å². The van der Waals surface area contributed by atoms with Crippen LogP contribution < -0.4 is 0 Å². The quantitative estimate of drug-likeness (QED) is 0.769. The molecule has 0 saturated carbocycles. The van der Waals surface area contributed by atoms with Crippen molar-refractivity contribution in [3.63, 3.8) is 0 Å². The number of alkyl halides is 1. The molecule has 0 bridgehead atoms. The van der Waals surface area contributed by atoms with Crippen LogP contribution in [0.5, 0.6) is 0 Å². The number of rotatable bonds is 5. The fraction of sp³-hybridized carbons (Fsp3) is 0.700. The van der Waals surface area contributed by atoms with E-state index in [2.05, 4.69) is 34.9 Å². The Morgan fingerprint density at radius 3 is 2.80 bits per heavy atom. The van der Waals surface area contributed by atoms with E-state index in [1.165, 1.54) is 5.69 Å². The van der Waals surface area contributed by atoms with Gasteiger partial charge < -0.3 is 0 Å². The van der Waals surface area contributed by atoms with Gasteiger partial charge in [0.25, 0.3) is 0 Å². The van der Waals surface area contributed by atoms with Crippen molar-refractivity contribution in [1.29, 1.82) is 0 Å². The number of thioether (sulfide) groups is 1. The first-order chi connectivity index (χ1) is 7.10. The summed E-state index contributed by atoms with van der Waals surface area (Å²) in [5, 5.41) is 4.94. The summed E-state index contributed by atoms with van der Waals surface area (Å²) in [6, 6.07) is 0. The van der Waals surface area contributed by atoms with Crippen LogP contribution in [0.3, 0.4) is 0 Å². The van der Waals surface area contributed by atoms with Crippen molar-refractivity contribution in [2.24, 2.45) is 0 Å². The van der Waals surface area contributed by atoms with E-state index < -0.39 is 0 Å². The molecule has 0 fully saturated rings. The summed E-state index contributed by atoms with van der Waals surface area (Å²) in [5.41, 5.74) is 2.32. The highest BCUT2D eigenvalue weighted by Crippen LogP contribution is 2.27. The molecule has 1 rings (SSSR count). The van der Waals surface area contributed by atoms with Gasteiger partial charge in [-0.1, -0.05) is 6.92 Å². The Kier molecular flexibility index (Phi) is 5.50. The van der Waals surface area contributed by atoms with Crippen molar-refractivity contribution in [3.05, 3.63) is 15.9 Å². The summed E-state index contributed by atoms with van der Waals surface area (Å²) >= 11 is 11.2. The van der Waals surface area contributed by atoms with Gasteiger partial charge in [0.2, 0.25) is 0 Å². The summed E-state index contributed by atoms with van der Waals surface area (Å²) in [6.07, 6.45) is 0. The van der Waals surface area contributed by atoms with Crippen LogP contribution in [0.15, 0.2) is 4.47 Å². The lowest BCUT2D eigenvalue weighted by Crippen LogP contribution is -2.04. The molecule has 15 heavy (non-hydrogen) atoms. The number of hydrogen-bond donors (Lipinski definition) is 0. The third kappa shape index (κ3) is 3.40. The normalized spacial score (nSPS) is 13.1. The largest absolute Gasteiger partial charge is 0.268 e. The second-order valence-corrected chi connectivity index (χ2v) is 5.97. The highest BCUT2D eigenvalue weighted by atomic mass is 79.9. The minimum Gasteiger partial charge on any atom is -0.268 e. The summed E-state index contributed by atoms with van der Waals surface area (Å²) in [6.45, 7) is 7.19. The number of aryl methyl sites for hydroxylation is 2. The first-order valence-electron chi connectivity index (χ1n) is 4.99. The van der Waals surface area contributed by atoms with Gasteiger partial charge in [-0.25, -0.2) is 0 Å². The summed E-state index contributed by atoms with van der Waals surface area (Å²) in [5.74, 6) is 1.66. The molecule has 0 N–H and O–H groups in total. The Hall–Kier alpha value is 0.330. The molecule has 0 aliphatic rings. The molecule has 0 aliphatic heterocycles. The minimum atomic E-state index is 0.485. The molecule has 0 saturated heterocycles. The van der Waals surface area contributed by atoms with E-state index >= 15 is 0 Å². The van der Waals surface area contributed by atoms with Crippen molar-refractivity contribution in [1.82, 2.24) is 9.78 Å². The Bertz CT molecular complexity index is 327. The van der Waals surface area contributed by atoms with Crippen molar-refractivity contribution in [2.75, 3.05) is 5.88 Å². The molecule has 0 spiro atoms. The van der Waals surface area contributed by atoms with Crippen LogP contribution >= 0.6 is 39.3 Å². The standard InChI is InChI=1S/C10H16BrClN2S/c1-4-14-9(6-15-7(2)5-12)10(11)8(3)13-14/h7H,4-6H2,1-3H3. The summed E-state index contributed by atoms with van der Waals surface area (Å²) < 4.78 is 3.19. The van der Waals surface area contributed by atoms with E-state index in [4.69, 9.17) is 11.6 Å². The maximum absolute atomic E-state index is 5.78. The van der Waals surface area contributed by atoms with E-state index in [0.717, 1.165) is 22.5 Å². The zero-order valence-corrected chi connectivity index (χ0v) is 12.4. The molecule has 0 aliphatic carbocycles. The van der Waals surface area contributed by atoms with E-state index in [1.807, 2.05) is 23.4 Å². The third-order valence-corrected chi connectivity index (χ3v) is 5.03. The summed E-state index contributed by atoms with van der Waals surface area (Å²) in [4.78, 5) is 0. The second-order valence-electron chi connectivity index (χ2n) is 3.44. The van der Waals surface area contributed by atoms with Gasteiger partial charge in [-0.3, -0.25) is 4.68 Å². The van der Waals surface area contributed by atoms with Crippen LogP contribution in [-0.2, 0) is 12.3 Å². The maximum atomic E-state index is 5.78. The van der Waals surface area contributed by atoms with Crippen molar-refractivity contribution in [3.8, 4) is 0 Å². The summed E-state index contributed by atoms with van der Waals surface area (Å²) in [7, 11) is 0. The molecular weight excluding hydrogens is 296 g/mol. The van der Waals surface area contributed by atoms with E-state index in [-0.39, 0.29) is 0 Å². The molecule has 0 amide bonds. The van der Waals surface area contributed by atoms with Gasteiger partial charge in [-0.2, -0.15) is 16.9 Å². The molecular formula is C10H16BrClN2S. The predicted molar refractivity (Wildman–Crippen MR) is 71.8 cm³/mol. The lowest BCUT2D eigenvalue weighted by atomic mass is 10.4. The Morgan fingerprint density at radius 2 is 2.27 bits per heavy atom. The molecule has 1 atom stereocenters. The molecule has 1 heterocycles. The average molecular weight is 312 g/mol. The van der Waals surface area contributed by atoms with Crippen molar-refractivity contribution in [2.45, 2.75) is 38.3 Å². The fourth-order valence-corrected chi connectivity index (χ4v) is 2.97. The zero-order chi connectivity index (χ0) is 11.4. The zero-order valence-electron chi connectivity index (χ0n) is 9.26. The van der Waals surface area contributed by atoms with Crippen LogP contribution in [-0.4, -0.2) is 20.9 Å². The van der Waals surface area contributed by atoms with Gasteiger partial charge in [-0.05, 0) is 29.8 Å². The van der Waals surface area contributed by atoms with Crippen molar-refractivity contribution >= 4 is 39.3 Å². The fourth-order valence-electron chi connectivity index (χ4n) is 1.27. The van der Waals surface area contributed by atoms with E-state index in [1.54, 1.807) is 0 Å². The van der Waals surface area contributed by atoms with Crippen LogP contribution in [0.2, 0.25) is 0 Å². The molecule has 2 nitrogen and oxygen atoms in total. The van der Waals surface area contributed by atoms with E-state index in [9.17, 15) is 0 Å². The van der Waals surface area contributed by atoms with Gasteiger partial charge in [-0.15, -0.1) is 11.6 Å². The SMILES string of the molecule is CCn1nc(C)c(Br)c1CSC(C)CCl. The smallest absolute Gasteiger partial charge is 0.0739 e. The van der Waals surface area contributed by atoms with Gasteiger partial charge in [0.15, 0.2) is 0 Å². The van der Waals surface area contributed by atoms with E-state index in [0.29, 0.717) is 11.1 Å². The molecule has 1 unspecified atom stereocenters. The van der Waals surface area contributed by atoms with Crippen LogP contribution in [0, 0.1) is 6.92 Å². The molecule has 1 aromatic heterocycles. The Morgan fingerprint density at radius 1 is 1.60 bits per heavy atom. The van der Waals surface area contributed by atoms with Crippen LogP contribution in [0.1, 0.15) is 25.2 Å². The van der Waals surface area contributed by atoms with Gasteiger partial charge in [0, 0.05) is 23.4 Å². The van der Waals surface area contributed by atoms with Gasteiger partial charge in [0.1, 0.15) is 0 Å². The molecule has 5 heteroatoms. The third-order valence-electron chi connectivity index (χ3n) is 2.17. The lowest BCUT2D eigenvalue weighted by molar-refractivity contribution is 0.631. The molecule has 1 aromatic rings. The number of halogens is 2.